The molecule has 0 unspecified atom stereocenters. The number of rotatable bonds is 5. The fraction of sp³-hybridized carbons (Fsp3) is 0.235. The first-order valence-corrected chi connectivity index (χ1v) is 6.84. The summed E-state index contributed by atoms with van der Waals surface area (Å²) in [7, 11) is 3.13. The van der Waals surface area contributed by atoms with Crippen LogP contribution in [0.4, 0.5) is 5.69 Å². The number of aromatic hydroxyl groups is 1. The summed E-state index contributed by atoms with van der Waals surface area (Å²) in [5.41, 5.74) is 2.36. The van der Waals surface area contributed by atoms with Crippen LogP contribution >= 0.6 is 0 Å². The molecule has 0 radical (unpaired) electrons. The van der Waals surface area contributed by atoms with Crippen molar-refractivity contribution in [1.29, 1.82) is 0 Å². The van der Waals surface area contributed by atoms with E-state index in [1.54, 1.807) is 38.5 Å². The highest BCUT2D eigenvalue weighted by atomic mass is 16.5. The number of carbonyl (C=O) groups excluding carboxylic acids is 1. The number of nitrogens with one attached hydrogen (secondary N) is 1. The van der Waals surface area contributed by atoms with E-state index >= 15 is 0 Å². The topological polar surface area (TPSA) is 67.8 Å². The number of carbonyl (C=O) groups is 1. The Labute approximate surface area is 129 Å². The van der Waals surface area contributed by atoms with Crippen LogP contribution in [-0.2, 0) is 11.2 Å². The predicted octanol–water partition coefficient (Wildman–Crippen LogP) is 2.90. The molecule has 0 aliphatic carbocycles. The minimum absolute atomic E-state index is 0.111. The maximum absolute atomic E-state index is 12.1. The molecule has 2 aromatic rings. The van der Waals surface area contributed by atoms with Crippen molar-refractivity contribution in [2.75, 3.05) is 19.5 Å². The molecule has 0 heterocycles. The molecular weight excluding hydrogens is 282 g/mol. The largest absolute Gasteiger partial charge is 0.508 e. The molecule has 2 rings (SSSR count). The molecule has 0 saturated carbocycles. The first-order chi connectivity index (χ1) is 10.5. The smallest absolute Gasteiger partial charge is 0.228 e. The highest BCUT2D eigenvalue weighted by Gasteiger charge is 2.12. The fourth-order valence-electron chi connectivity index (χ4n) is 2.17. The summed E-state index contributed by atoms with van der Waals surface area (Å²) in [6, 6.07) is 10.1. The molecule has 2 aromatic carbocycles. The fourth-order valence-corrected chi connectivity index (χ4v) is 2.17. The molecule has 0 aliphatic heterocycles. The maximum atomic E-state index is 12.1. The molecular formula is C17H19NO4. The molecule has 0 fully saturated rings. The molecule has 0 bridgehead atoms. The van der Waals surface area contributed by atoms with Crippen LogP contribution in [0.5, 0.6) is 17.2 Å². The molecule has 0 saturated heterocycles. The Bertz CT molecular complexity index is 682. The Balaban J connectivity index is 2.14. The van der Waals surface area contributed by atoms with Crippen LogP contribution in [0.1, 0.15) is 11.1 Å². The first kappa shape index (κ1) is 15.7. The first-order valence-electron chi connectivity index (χ1n) is 6.84. The lowest BCUT2D eigenvalue weighted by molar-refractivity contribution is -0.115. The summed E-state index contributed by atoms with van der Waals surface area (Å²) in [5, 5.41) is 12.2. The van der Waals surface area contributed by atoms with Gasteiger partial charge in [-0.25, -0.2) is 0 Å². The Kier molecular flexibility index (Phi) is 4.88. The zero-order valence-electron chi connectivity index (χ0n) is 12.8. The number of phenolic OH excluding ortho intramolecular Hbond substituents is 1. The number of hydrogen-bond acceptors (Lipinski definition) is 4. The quantitative estimate of drug-likeness (QED) is 0.891. The van der Waals surface area contributed by atoms with E-state index in [1.165, 1.54) is 6.07 Å². The predicted molar refractivity (Wildman–Crippen MR) is 84.7 cm³/mol. The van der Waals surface area contributed by atoms with Crippen molar-refractivity contribution in [3.63, 3.8) is 0 Å². The molecule has 0 aromatic heterocycles. The summed E-state index contributed by atoms with van der Waals surface area (Å²) >= 11 is 0. The van der Waals surface area contributed by atoms with Gasteiger partial charge in [0.25, 0.3) is 0 Å². The van der Waals surface area contributed by atoms with Gasteiger partial charge in [0.05, 0.1) is 20.6 Å². The van der Waals surface area contributed by atoms with Gasteiger partial charge in [-0.1, -0.05) is 6.07 Å². The van der Waals surface area contributed by atoms with Crippen LogP contribution in [0.25, 0.3) is 0 Å². The summed E-state index contributed by atoms with van der Waals surface area (Å²) < 4.78 is 10.5. The summed E-state index contributed by atoms with van der Waals surface area (Å²) in [6.07, 6.45) is 0.210. The van der Waals surface area contributed by atoms with Crippen molar-refractivity contribution in [3.8, 4) is 17.2 Å². The summed E-state index contributed by atoms with van der Waals surface area (Å²) in [4.78, 5) is 12.1. The second-order valence-corrected chi connectivity index (χ2v) is 4.91. The summed E-state index contributed by atoms with van der Waals surface area (Å²) in [6.45, 7) is 1.92. The number of hydrogen-bond donors (Lipinski definition) is 2. The maximum Gasteiger partial charge on any atom is 0.228 e. The second-order valence-electron chi connectivity index (χ2n) is 4.91. The SMILES string of the molecule is COc1cc(C)c(CC(=O)Nc2cccc(O)c2)cc1OC. The molecule has 1 amide bonds. The average Bonchev–Trinajstić information content (AvgIpc) is 2.48. The zero-order valence-corrected chi connectivity index (χ0v) is 12.8. The number of phenols is 1. The van der Waals surface area contributed by atoms with Crippen molar-refractivity contribution in [2.45, 2.75) is 13.3 Å². The van der Waals surface area contributed by atoms with Crippen LogP contribution < -0.4 is 14.8 Å². The molecule has 5 heteroatoms. The Morgan fingerprint density at radius 1 is 1.14 bits per heavy atom. The molecule has 0 atom stereocenters. The lowest BCUT2D eigenvalue weighted by Gasteiger charge is -2.13. The van der Waals surface area contributed by atoms with Gasteiger partial charge in [-0.2, -0.15) is 0 Å². The van der Waals surface area contributed by atoms with E-state index in [2.05, 4.69) is 5.32 Å². The number of aryl methyl sites for hydroxylation is 1. The van der Waals surface area contributed by atoms with E-state index in [0.717, 1.165) is 11.1 Å². The third-order valence-corrected chi connectivity index (χ3v) is 3.32. The van der Waals surface area contributed by atoms with Crippen LogP contribution in [0, 0.1) is 6.92 Å². The number of methoxy groups -OCH3 is 2. The van der Waals surface area contributed by atoms with Gasteiger partial charge >= 0.3 is 0 Å². The van der Waals surface area contributed by atoms with Crippen molar-refractivity contribution < 1.29 is 19.4 Å². The normalized spacial score (nSPS) is 10.1. The van der Waals surface area contributed by atoms with Crippen molar-refractivity contribution in [2.24, 2.45) is 0 Å². The number of ether oxygens (including phenoxy) is 2. The van der Waals surface area contributed by atoms with Gasteiger partial charge in [0.2, 0.25) is 5.91 Å². The lowest BCUT2D eigenvalue weighted by atomic mass is 10.0. The molecule has 0 aliphatic rings. The van der Waals surface area contributed by atoms with Gasteiger partial charge in [-0.05, 0) is 42.3 Å². The van der Waals surface area contributed by atoms with Gasteiger partial charge in [-0.15, -0.1) is 0 Å². The molecule has 5 nitrogen and oxygen atoms in total. The average molecular weight is 301 g/mol. The van der Waals surface area contributed by atoms with Crippen LogP contribution in [-0.4, -0.2) is 25.2 Å². The van der Waals surface area contributed by atoms with Gasteiger partial charge in [0.1, 0.15) is 5.75 Å². The van der Waals surface area contributed by atoms with Crippen molar-refractivity contribution >= 4 is 11.6 Å². The molecule has 116 valence electrons. The third-order valence-electron chi connectivity index (χ3n) is 3.32. The highest BCUT2D eigenvalue weighted by Crippen LogP contribution is 2.30. The lowest BCUT2D eigenvalue weighted by Crippen LogP contribution is -2.15. The standard InChI is InChI=1S/C17H19NO4/c1-11-7-15(21-2)16(22-3)8-12(11)9-17(20)18-13-5-4-6-14(19)10-13/h4-8,10,19H,9H2,1-3H3,(H,18,20). The van der Waals surface area contributed by atoms with Crippen molar-refractivity contribution in [3.05, 3.63) is 47.5 Å². The zero-order chi connectivity index (χ0) is 16.1. The minimum Gasteiger partial charge on any atom is -0.508 e. The van der Waals surface area contributed by atoms with E-state index in [1.807, 2.05) is 13.0 Å². The van der Waals surface area contributed by atoms with Gasteiger partial charge in [0, 0.05) is 11.8 Å². The Morgan fingerprint density at radius 2 is 1.82 bits per heavy atom. The van der Waals surface area contributed by atoms with Crippen LogP contribution in [0.3, 0.4) is 0 Å². The molecule has 0 spiro atoms. The van der Waals surface area contributed by atoms with Gasteiger partial charge < -0.3 is 19.9 Å². The number of amides is 1. The number of benzene rings is 2. The molecule has 2 N–H and O–H groups in total. The van der Waals surface area contributed by atoms with E-state index in [9.17, 15) is 9.90 Å². The van der Waals surface area contributed by atoms with Crippen molar-refractivity contribution in [1.82, 2.24) is 0 Å². The van der Waals surface area contributed by atoms with Crippen LogP contribution in [0.2, 0.25) is 0 Å². The van der Waals surface area contributed by atoms with E-state index in [4.69, 9.17) is 9.47 Å². The molecule has 22 heavy (non-hydrogen) atoms. The van der Waals surface area contributed by atoms with E-state index in [0.29, 0.717) is 17.2 Å². The Morgan fingerprint density at radius 3 is 2.45 bits per heavy atom. The third kappa shape index (κ3) is 3.69. The number of anilines is 1. The highest BCUT2D eigenvalue weighted by molar-refractivity contribution is 5.92. The second kappa shape index (κ2) is 6.85. The van der Waals surface area contributed by atoms with Gasteiger partial charge in [-0.3, -0.25) is 4.79 Å². The van der Waals surface area contributed by atoms with Crippen LogP contribution in [0.15, 0.2) is 36.4 Å². The van der Waals surface area contributed by atoms with E-state index in [-0.39, 0.29) is 18.1 Å². The van der Waals surface area contributed by atoms with E-state index < -0.39 is 0 Å². The summed E-state index contributed by atoms with van der Waals surface area (Å²) in [5.74, 6) is 1.17. The Hall–Kier alpha value is -2.69. The minimum atomic E-state index is -0.166. The van der Waals surface area contributed by atoms with Gasteiger partial charge in [0.15, 0.2) is 11.5 Å². The monoisotopic (exact) mass is 301 g/mol.